The third-order valence-electron chi connectivity index (χ3n) is 2.34. The molecule has 0 aromatic heterocycles. The number of hydrogen-bond acceptors (Lipinski definition) is 3. The van der Waals surface area contributed by atoms with Gasteiger partial charge in [-0.3, -0.25) is 0 Å². The second kappa shape index (κ2) is 6.20. The molecule has 96 valence electrons. The lowest BCUT2D eigenvalue weighted by molar-refractivity contribution is -0.128. The second-order valence-electron chi connectivity index (χ2n) is 3.80. The molecule has 0 amide bonds. The van der Waals surface area contributed by atoms with Crippen molar-refractivity contribution in [2.75, 3.05) is 0 Å². The van der Waals surface area contributed by atoms with Crippen molar-refractivity contribution in [3.8, 4) is 11.5 Å². The van der Waals surface area contributed by atoms with Crippen LogP contribution in [0.3, 0.4) is 0 Å². The summed E-state index contributed by atoms with van der Waals surface area (Å²) in [6, 6.07) is 13.5. The minimum absolute atomic E-state index is 0.189. The van der Waals surface area contributed by atoms with Gasteiger partial charge in [0.15, 0.2) is 0 Å². The molecule has 0 heterocycles. The Morgan fingerprint density at radius 1 is 1.05 bits per heavy atom. The molecule has 19 heavy (non-hydrogen) atoms. The number of carbonyl (C=O) groups excluding carboxylic acids is 1. The summed E-state index contributed by atoms with van der Waals surface area (Å²) >= 11 is 3.30. The molecule has 0 bridgehead atoms. The largest absolute Gasteiger partial charge is 0.508 e. The fourth-order valence-corrected chi connectivity index (χ4v) is 1.67. The quantitative estimate of drug-likeness (QED) is 0.532. The number of halogens is 1. The molecule has 1 N–H and O–H groups in total. The standard InChI is InChI=1S/C15H11BrO3/c16-12-4-8-14(9-5-12)19-15(18)10-3-11-1-6-13(17)7-2-11/h1-10,17H/b10-3+. The number of hydrogen-bond donors (Lipinski definition) is 1. The van der Waals surface area contributed by atoms with Gasteiger partial charge in [-0.1, -0.05) is 28.1 Å². The number of benzene rings is 2. The predicted molar refractivity (Wildman–Crippen MR) is 76.9 cm³/mol. The Hall–Kier alpha value is -2.07. The van der Waals surface area contributed by atoms with E-state index in [0.29, 0.717) is 5.75 Å². The van der Waals surface area contributed by atoms with E-state index >= 15 is 0 Å². The van der Waals surface area contributed by atoms with Crippen LogP contribution in [0.1, 0.15) is 5.56 Å². The van der Waals surface area contributed by atoms with Crippen molar-refractivity contribution in [1.29, 1.82) is 0 Å². The first-order valence-corrected chi connectivity index (χ1v) is 6.37. The molecule has 0 aliphatic rings. The molecule has 4 heteroatoms. The third kappa shape index (κ3) is 4.26. The highest BCUT2D eigenvalue weighted by Gasteiger charge is 2.00. The lowest BCUT2D eigenvalue weighted by atomic mass is 10.2. The van der Waals surface area contributed by atoms with E-state index in [0.717, 1.165) is 10.0 Å². The highest BCUT2D eigenvalue weighted by molar-refractivity contribution is 9.10. The van der Waals surface area contributed by atoms with Gasteiger partial charge in [0.05, 0.1) is 0 Å². The molecule has 0 saturated carbocycles. The summed E-state index contributed by atoms with van der Waals surface area (Å²) in [4.78, 5) is 11.6. The highest BCUT2D eigenvalue weighted by atomic mass is 79.9. The number of aromatic hydroxyl groups is 1. The zero-order valence-electron chi connectivity index (χ0n) is 9.92. The molecule has 0 radical (unpaired) electrons. The number of esters is 1. The average molecular weight is 319 g/mol. The Labute approximate surface area is 119 Å². The summed E-state index contributed by atoms with van der Waals surface area (Å²) in [6.07, 6.45) is 2.97. The molecular formula is C15H11BrO3. The predicted octanol–water partition coefficient (Wildman–Crippen LogP) is 3.77. The maximum absolute atomic E-state index is 11.6. The van der Waals surface area contributed by atoms with Crippen LogP contribution in [0.4, 0.5) is 0 Å². The molecule has 0 saturated heterocycles. The summed E-state index contributed by atoms with van der Waals surface area (Å²) in [7, 11) is 0. The fraction of sp³-hybridized carbons (Fsp3) is 0. The number of rotatable bonds is 3. The Kier molecular flexibility index (Phi) is 4.36. The van der Waals surface area contributed by atoms with Gasteiger partial charge in [-0.15, -0.1) is 0 Å². The van der Waals surface area contributed by atoms with E-state index in [1.165, 1.54) is 6.08 Å². The van der Waals surface area contributed by atoms with Gasteiger partial charge in [0.25, 0.3) is 0 Å². The van der Waals surface area contributed by atoms with Crippen molar-refractivity contribution in [2.45, 2.75) is 0 Å². The van der Waals surface area contributed by atoms with E-state index in [4.69, 9.17) is 9.84 Å². The van der Waals surface area contributed by atoms with Crippen molar-refractivity contribution in [3.05, 3.63) is 64.6 Å². The summed E-state index contributed by atoms with van der Waals surface area (Å²) in [6.45, 7) is 0. The number of phenolic OH excluding ortho intramolecular Hbond substituents is 1. The Bertz CT molecular complexity index is 586. The van der Waals surface area contributed by atoms with E-state index in [1.807, 2.05) is 0 Å². The minimum Gasteiger partial charge on any atom is -0.508 e. The van der Waals surface area contributed by atoms with Crippen LogP contribution < -0.4 is 4.74 Å². The van der Waals surface area contributed by atoms with Gasteiger partial charge < -0.3 is 9.84 Å². The lowest BCUT2D eigenvalue weighted by Crippen LogP contribution is -2.03. The van der Waals surface area contributed by atoms with Gasteiger partial charge in [-0.05, 0) is 48.0 Å². The molecule has 3 nitrogen and oxygen atoms in total. The molecule has 2 rings (SSSR count). The normalized spacial score (nSPS) is 10.6. The summed E-state index contributed by atoms with van der Waals surface area (Å²) < 4.78 is 6.04. The summed E-state index contributed by atoms with van der Waals surface area (Å²) in [5.74, 6) is 0.230. The van der Waals surface area contributed by atoms with Crippen LogP contribution in [0.25, 0.3) is 6.08 Å². The molecule has 0 aliphatic heterocycles. The van der Waals surface area contributed by atoms with E-state index in [1.54, 1.807) is 54.6 Å². The Morgan fingerprint density at radius 3 is 2.32 bits per heavy atom. The first-order valence-electron chi connectivity index (χ1n) is 5.58. The van der Waals surface area contributed by atoms with Crippen LogP contribution in [0.5, 0.6) is 11.5 Å². The van der Waals surface area contributed by atoms with Gasteiger partial charge >= 0.3 is 5.97 Å². The molecule has 0 unspecified atom stereocenters. The molecule has 0 aliphatic carbocycles. The van der Waals surface area contributed by atoms with E-state index in [9.17, 15) is 4.79 Å². The van der Waals surface area contributed by atoms with Crippen molar-refractivity contribution in [2.24, 2.45) is 0 Å². The molecule has 0 spiro atoms. The first-order chi connectivity index (χ1) is 9.13. The molecule has 2 aromatic carbocycles. The van der Waals surface area contributed by atoms with Gasteiger partial charge in [0, 0.05) is 10.5 Å². The maximum Gasteiger partial charge on any atom is 0.336 e. The van der Waals surface area contributed by atoms with Crippen LogP contribution in [0.15, 0.2) is 59.1 Å². The summed E-state index contributed by atoms with van der Waals surface area (Å²) in [5.41, 5.74) is 0.811. The fourth-order valence-electron chi connectivity index (χ4n) is 1.40. The SMILES string of the molecule is O=C(/C=C/c1ccc(O)cc1)Oc1ccc(Br)cc1. The third-order valence-corrected chi connectivity index (χ3v) is 2.87. The van der Waals surface area contributed by atoms with E-state index < -0.39 is 5.97 Å². The maximum atomic E-state index is 11.6. The number of carbonyl (C=O) groups is 1. The van der Waals surface area contributed by atoms with Crippen molar-refractivity contribution in [3.63, 3.8) is 0 Å². The lowest BCUT2D eigenvalue weighted by Gasteiger charge is -2.00. The number of phenols is 1. The topological polar surface area (TPSA) is 46.5 Å². The summed E-state index contributed by atoms with van der Waals surface area (Å²) in [5, 5.41) is 9.13. The Balaban J connectivity index is 1.97. The van der Waals surface area contributed by atoms with Crippen LogP contribution in [0.2, 0.25) is 0 Å². The zero-order valence-corrected chi connectivity index (χ0v) is 11.5. The van der Waals surface area contributed by atoms with Gasteiger partial charge in [-0.2, -0.15) is 0 Å². The average Bonchev–Trinajstić information content (AvgIpc) is 2.41. The number of ether oxygens (including phenoxy) is 1. The van der Waals surface area contributed by atoms with E-state index in [2.05, 4.69) is 15.9 Å². The van der Waals surface area contributed by atoms with Crippen LogP contribution in [-0.4, -0.2) is 11.1 Å². The smallest absolute Gasteiger partial charge is 0.336 e. The van der Waals surface area contributed by atoms with Crippen LogP contribution in [0, 0.1) is 0 Å². The minimum atomic E-state index is -0.449. The van der Waals surface area contributed by atoms with Crippen molar-refractivity contribution < 1.29 is 14.6 Å². The van der Waals surface area contributed by atoms with Crippen molar-refractivity contribution in [1.82, 2.24) is 0 Å². The monoisotopic (exact) mass is 318 g/mol. The Morgan fingerprint density at radius 2 is 1.68 bits per heavy atom. The highest BCUT2D eigenvalue weighted by Crippen LogP contribution is 2.16. The molecular weight excluding hydrogens is 308 g/mol. The van der Waals surface area contributed by atoms with Gasteiger partial charge in [-0.25, -0.2) is 4.79 Å². The van der Waals surface area contributed by atoms with Crippen LogP contribution in [-0.2, 0) is 4.79 Å². The molecule has 0 fully saturated rings. The molecule has 0 atom stereocenters. The van der Waals surface area contributed by atoms with E-state index in [-0.39, 0.29) is 5.75 Å². The zero-order chi connectivity index (χ0) is 13.7. The second-order valence-corrected chi connectivity index (χ2v) is 4.72. The van der Waals surface area contributed by atoms with Gasteiger partial charge in [0.2, 0.25) is 0 Å². The van der Waals surface area contributed by atoms with Crippen molar-refractivity contribution >= 4 is 28.0 Å². The van der Waals surface area contributed by atoms with Crippen LogP contribution >= 0.6 is 15.9 Å². The first kappa shape index (κ1) is 13.4. The van der Waals surface area contributed by atoms with Gasteiger partial charge in [0.1, 0.15) is 11.5 Å². The molecule has 2 aromatic rings.